The molecule has 1 atom stereocenters. The molecule has 0 aromatic heterocycles. The van der Waals surface area contributed by atoms with Crippen molar-refractivity contribution in [2.45, 2.75) is 13.5 Å². The number of nitrogens with zero attached hydrogens (tertiary/aromatic N) is 1. The van der Waals surface area contributed by atoms with E-state index in [1.54, 1.807) is 0 Å². The Morgan fingerprint density at radius 1 is 1.39 bits per heavy atom. The van der Waals surface area contributed by atoms with Crippen LogP contribution in [0.15, 0.2) is 43.0 Å². The summed E-state index contributed by atoms with van der Waals surface area (Å²) in [7, 11) is 2.18. The zero-order valence-corrected chi connectivity index (χ0v) is 11.3. The molecule has 0 saturated carbocycles. The maximum Gasteiger partial charge on any atom is 0.330 e. The molecule has 1 aromatic rings. The smallest absolute Gasteiger partial charge is 0.330 e. The van der Waals surface area contributed by atoms with E-state index in [-0.39, 0.29) is 5.97 Å². The van der Waals surface area contributed by atoms with Crippen LogP contribution >= 0.6 is 0 Å². The lowest BCUT2D eigenvalue weighted by Crippen LogP contribution is -2.45. The van der Waals surface area contributed by atoms with Crippen LogP contribution in [-0.4, -0.2) is 37.2 Å². The molecule has 0 saturated heterocycles. The highest BCUT2D eigenvalue weighted by Gasteiger charge is 2.20. The molecule has 18 heavy (non-hydrogen) atoms. The number of ether oxygens (including phenoxy) is 1. The summed E-state index contributed by atoms with van der Waals surface area (Å²) in [4.78, 5) is 11.0. The van der Waals surface area contributed by atoms with Crippen molar-refractivity contribution in [3.8, 4) is 0 Å². The van der Waals surface area contributed by atoms with Crippen LogP contribution < -0.4 is 0 Å². The minimum absolute atomic E-state index is 0.350. The largest absolute Gasteiger partial charge is 0.457 e. The molecule has 0 fully saturated rings. The Hall–Kier alpha value is -1.61. The lowest BCUT2D eigenvalue weighted by molar-refractivity contribution is -0.921. The third-order valence-corrected chi connectivity index (χ3v) is 3.21. The molecule has 0 amide bonds. The van der Waals surface area contributed by atoms with Gasteiger partial charge in [-0.15, -0.1) is 0 Å². The fourth-order valence-electron chi connectivity index (χ4n) is 1.80. The Balaban J connectivity index is 2.51. The van der Waals surface area contributed by atoms with E-state index in [2.05, 4.69) is 32.7 Å². The van der Waals surface area contributed by atoms with Gasteiger partial charge in [0.1, 0.15) is 19.7 Å². The zero-order valence-electron chi connectivity index (χ0n) is 11.3. The quantitative estimate of drug-likeness (QED) is 0.421. The van der Waals surface area contributed by atoms with Gasteiger partial charge in [-0.2, -0.15) is 0 Å². The second-order valence-corrected chi connectivity index (χ2v) is 4.67. The molecule has 0 bridgehead atoms. The fraction of sp³-hybridized carbons (Fsp3) is 0.400. The van der Waals surface area contributed by atoms with Gasteiger partial charge < -0.3 is 9.22 Å². The number of esters is 1. The van der Waals surface area contributed by atoms with Gasteiger partial charge in [0.05, 0.1) is 13.6 Å². The summed E-state index contributed by atoms with van der Waals surface area (Å²) in [5.74, 6) is -0.350. The molecule has 0 radical (unpaired) electrons. The maximum atomic E-state index is 11.0. The average Bonchev–Trinajstić information content (AvgIpc) is 2.39. The van der Waals surface area contributed by atoms with E-state index in [1.807, 2.05) is 18.2 Å². The van der Waals surface area contributed by atoms with Gasteiger partial charge in [-0.25, -0.2) is 4.79 Å². The number of carbonyl (C=O) groups is 1. The molecule has 0 aliphatic carbocycles. The Morgan fingerprint density at radius 2 is 2.06 bits per heavy atom. The first-order chi connectivity index (χ1) is 8.59. The SMILES string of the molecule is C=CC(=O)OCC[N+](C)(CC)Cc1ccccc1. The number of benzene rings is 1. The summed E-state index contributed by atoms with van der Waals surface area (Å²) in [6.07, 6.45) is 1.20. The predicted molar refractivity (Wildman–Crippen MR) is 72.9 cm³/mol. The van der Waals surface area contributed by atoms with Crippen LogP contribution in [0, 0.1) is 0 Å². The van der Waals surface area contributed by atoms with Crippen molar-refractivity contribution in [2.75, 3.05) is 26.7 Å². The number of carbonyl (C=O) groups excluding carboxylic acids is 1. The molecule has 3 heteroatoms. The Kier molecular flexibility index (Phi) is 5.59. The Bertz CT molecular complexity index is 389. The summed E-state index contributed by atoms with van der Waals surface area (Å²) < 4.78 is 5.91. The van der Waals surface area contributed by atoms with E-state index in [1.165, 1.54) is 11.6 Å². The van der Waals surface area contributed by atoms with Crippen molar-refractivity contribution in [2.24, 2.45) is 0 Å². The molecule has 3 nitrogen and oxygen atoms in total. The van der Waals surface area contributed by atoms with Crippen LogP contribution in [0.1, 0.15) is 12.5 Å². The predicted octanol–water partition coefficient (Wildman–Crippen LogP) is 2.38. The first-order valence-corrected chi connectivity index (χ1v) is 6.26. The molecular formula is C15H22NO2+. The standard InChI is InChI=1S/C15H22NO2/c1-4-15(17)18-12-11-16(3,5-2)13-14-9-7-6-8-10-14/h4,6-10H,1,5,11-13H2,2-3H3/q+1. The molecule has 1 unspecified atom stereocenters. The lowest BCUT2D eigenvalue weighted by atomic mass is 10.2. The normalized spacial score (nSPS) is 13.7. The summed E-state index contributed by atoms with van der Waals surface area (Å²) in [6.45, 7) is 8.73. The molecule has 98 valence electrons. The Morgan fingerprint density at radius 3 is 2.61 bits per heavy atom. The van der Waals surface area contributed by atoms with Crippen molar-refractivity contribution in [3.63, 3.8) is 0 Å². The zero-order chi connectivity index (χ0) is 13.4. The Labute approximate surface area is 109 Å². The van der Waals surface area contributed by atoms with Crippen LogP contribution in [0.4, 0.5) is 0 Å². The minimum Gasteiger partial charge on any atom is -0.457 e. The van der Waals surface area contributed by atoms with Crippen LogP contribution in [0.25, 0.3) is 0 Å². The second-order valence-electron chi connectivity index (χ2n) is 4.67. The number of rotatable bonds is 7. The highest BCUT2D eigenvalue weighted by molar-refractivity contribution is 5.81. The van der Waals surface area contributed by atoms with Crippen LogP contribution in [-0.2, 0) is 16.1 Å². The van der Waals surface area contributed by atoms with E-state index in [0.717, 1.165) is 24.1 Å². The van der Waals surface area contributed by atoms with Gasteiger partial charge in [-0.05, 0) is 6.92 Å². The average molecular weight is 248 g/mol. The third-order valence-electron chi connectivity index (χ3n) is 3.21. The number of hydrogen-bond acceptors (Lipinski definition) is 2. The second kappa shape index (κ2) is 6.97. The molecule has 1 aromatic carbocycles. The lowest BCUT2D eigenvalue weighted by Gasteiger charge is -2.33. The molecular weight excluding hydrogens is 226 g/mol. The van der Waals surface area contributed by atoms with Crippen molar-refractivity contribution in [1.82, 2.24) is 0 Å². The molecule has 1 rings (SSSR count). The maximum absolute atomic E-state index is 11.0. The minimum atomic E-state index is -0.350. The number of quaternary nitrogens is 1. The first-order valence-electron chi connectivity index (χ1n) is 6.26. The van der Waals surface area contributed by atoms with Gasteiger partial charge in [0.2, 0.25) is 0 Å². The van der Waals surface area contributed by atoms with Gasteiger partial charge in [-0.3, -0.25) is 0 Å². The van der Waals surface area contributed by atoms with Gasteiger partial charge in [0.15, 0.2) is 0 Å². The van der Waals surface area contributed by atoms with E-state index >= 15 is 0 Å². The summed E-state index contributed by atoms with van der Waals surface area (Å²) >= 11 is 0. The van der Waals surface area contributed by atoms with Gasteiger partial charge >= 0.3 is 5.97 Å². The third kappa shape index (κ3) is 4.72. The van der Waals surface area contributed by atoms with E-state index in [0.29, 0.717) is 6.61 Å². The monoisotopic (exact) mass is 248 g/mol. The molecule has 0 spiro atoms. The van der Waals surface area contributed by atoms with E-state index in [4.69, 9.17) is 4.74 Å². The summed E-state index contributed by atoms with van der Waals surface area (Å²) in [5, 5.41) is 0. The number of hydrogen-bond donors (Lipinski definition) is 0. The van der Waals surface area contributed by atoms with Crippen molar-refractivity contribution < 1.29 is 14.0 Å². The molecule has 0 aliphatic rings. The van der Waals surface area contributed by atoms with Crippen molar-refractivity contribution in [1.29, 1.82) is 0 Å². The van der Waals surface area contributed by atoms with Gasteiger partial charge in [0, 0.05) is 11.6 Å². The van der Waals surface area contributed by atoms with E-state index < -0.39 is 0 Å². The van der Waals surface area contributed by atoms with Gasteiger partial charge in [-0.1, -0.05) is 36.9 Å². The summed E-state index contributed by atoms with van der Waals surface area (Å²) in [5.41, 5.74) is 1.30. The first kappa shape index (κ1) is 14.5. The van der Waals surface area contributed by atoms with Crippen LogP contribution in [0.3, 0.4) is 0 Å². The highest BCUT2D eigenvalue weighted by atomic mass is 16.5. The summed E-state index contributed by atoms with van der Waals surface area (Å²) in [6, 6.07) is 10.4. The fourth-order valence-corrected chi connectivity index (χ4v) is 1.80. The molecule has 0 N–H and O–H groups in total. The number of likely N-dealkylation sites (N-methyl/N-ethyl adjacent to an activating group) is 1. The van der Waals surface area contributed by atoms with Crippen LogP contribution in [0.5, 0.6) is 0 Å². The van der Waals surface area contributed by atoms with E-state index in [9.17, 15) is 4.79 Å². The molecule has 0 aliphatic heterocycles. The van der Waals surface area contributed by atoms with Crippen molar-refractivity contribution >= 4 is 5.97 Å². The highest BCUT2D eigenvalue weighted by Crippen LogP contribution is 2.11. The van der Waals surface area contributed by atoms with Gasteiger partial charge in [0.25, 0.3) is 0 Å². The topological polar surface area (TPSA) is 26.3 Å². The van der Waals surface area contributed by atoms with Crippen LogP contribution in [0.2, 0.25) is 0 Å². The molecule has 0 heterocycles. The van der Waals surface area contributed by atoms with Crippen molar-refractivity contribution in [3.05, 3.63) is 48.6 Å².